The van der Waals surface area contributed by atoms with E-state index in [0.717, 1.165) is 18.5 Å². The molecule has 0 saturated heterocycles. The van der Waals surface area contributed by atoms with Crippen molar-refractivity contribution in [2.45, 2.75) is 6.18 Å². The highest BCUT2D eigenvalue weighted by molar-refractivity contribution is 6.33. The van der Waals surface area contributed by atoms with Gasteiger partial charge in [0.15, 0.2) is 23.3 Å². The van der Waals surface area contributed by atoms with E-state index in [1.165, 1.54) is 6.07 Å². The molecule has 0 radical (unpaired) electrons. The van der Waals surface area contributed by atoms with Gasteiger partial charge in [-0.05, 0) is 18.2 Å². The number of hydrogen-bond donors (Lipinski definition) is 3. The minimum absolute atomic E-state index is 0.00533. The van der Waals surface area contributed by atoms with E-state index in [1.807, 2.05) is 0 Å². The van der Waals surface area contributed by atoms with Crippen LogP contribution in [0.3, 0.4) is 0 Å². The van der Waals surface area contributed by atoms with Gasteiger partial charge in [0, 0.05) is 18.0 Å². The van der Waals surface area contributed by atoms with Gasteiger partial charge in [0.2, 0.25) is 0 Å². The molecule has 3 rings (SSSR count). The summed E-state index contributed by atoms with van der Waals surface area (Å²) in [7, 11) is 0. The van der Waals surface area contributed by atoms with Crippen molar-refractivity contribution in [1.29, 1.82) is 0 Å². The number of hydrogen-bond acceptors (Lipinski definition) is 6. The Labute approximate surface area is 159 Å². The first-order chi connectivity index (χ1) is 13.1. The zero-order chi connectivity index (χ0) is 20.5. The molecule has 0 aliphatic heterocycles. The third kappa shape index (κ3) is 4.19. The van der Waals surface area contributed by atoms with E-state index >= 15 is 0 Å². The highest BCUT2D eigenvalue weighted by Crippen LogP contribution is 2.34. The summed E-state index contributed by atoms with van der Waals surface area (Å²) < 4.78 is 64.4. The Kier molecular flexibility index (Phi) is 5.18. The molecule has 0 fully saturated rings. The number of alkyl halides is 3. The fraction of sp³-hybridized carbons (Fsp3) is 0.0625. The minimum atomic E-state index is -4.59. The zero-order valence-corrected chi connectivity index (χ0v) is 14.4. The number of aromatic nitrogens is 3. The van der Waals surface area contributed by atoms with Crippen LogP contribution in [-0.2, 0) is 6.18 Å². The fourth-order valence-electron chi connectivity index (χ4n) is 2.10. The van der Waals surface area contributed by atoms with E-state index in [-0.39, 0.29) is 33.9 Å². The molecule has 0 aliphatic rings. The molecule has 0 spiro atoms. The molecule has 0 saturated carbocycles. The van der Waals surface area contributed by atoms with Gasteiger partial charge in [-0.2, -0.15) is 13.2 Å². The molecule has 12 heteroatoms. The van der Waals surface area contributed by atoms with Crippen molar-refractivity contribution in [3.63, 3.8) is 0 Å². The molecule has 3 aromatic rings. The van der Waals surface area contributed by atoms with Crippen molar-refractivity contribution < 1.29 is 22.0 Å². The smallest absolute Gasteiger partial charge is 0.393 e. The monoisotopic (exact) mass is 416 g/mol. The predicted molar refractivity (Wildman–Crippen MR) is 93.6 cm³/mol. The van der Waals surface area contributed by atoms with Crippen LogP contribution in [0.15, 0.2) is 36.8 Å². The topological polar surface area (TPSA) is 88.8 Å². The van der Waals surface area contributed by atoms with E-state index in [0.29, 0.717) is 12.3 Å². The maximum absolute atomic E-state index is 13.3. The van der Waals surface area contributed by atoms with Crippen LogP contribution in [-0.4, -0.2) is 15.0 Å². The number of pyridine rings is 1. The third-order valence-electron chi connectivity index (χ3n) is 3.47. The maximum Gasteiger partial charge on any atom is 0.417 e. The minimum Gasteiger partial charge on any atom is -0.393 e. The molecule has 2 heterocycles. The van der Waals surface area contributed by atoms with E-state index < -0.39 is 23.4 Å². The van der Waals surface area contributed by atoms with Gasteiger partial charge in [0.1, 0.15) is 17.8 Å². The summed E-state index contributed by atoms with van der Waals surface area (Å²) in [6.45, 7) is 0. The molecule has 6 nitrogen and oxygen atoms in total. The van der Waals surface area contributed by atoms with Crippen molar-refractivity contribution in [1.82, 2.24) is 15.0 Å². The van der Waals surface area contributed by atoms with Crippen molar-refractivity contribution in [3.8, 4) is 0 Å². The molecule has 0 bridgehead atoms. The van der Waals surface area contributed by atoms with Crippen LogP contribution in [0.5, 0.6) is 0 Å². The summed E-state index contributed by atoms with van der Waals surface area (Å²) in [6, 6.07) is 3.79. The normalized spacial score (nSPS) is 11.4. The van der Waals surface area contributed by atoms with Crippen molar-refractivity contribution in [3.05, 3.63) is 59.0 Å². The zero-order valence-electron chi connectivity index (χ0n) is 13.7. The highest BCUT2D eigenvalue weighted by Gasteiger charge is 2.31. The van der Waals surface area contributed by atoms with Gasteiger partial charge in [-0.1, -0.05) is 11.6 Å². The average molecular weight is 417 g/mol. The Bertz CT molecular complexity index is 1030. The summed E-state index contributed by atoms with van der Waals surface area (Å²) in [6.07, 6.45) is -2.89. The van der Waals surface area contributed by atoms with Crippen LogP contribution in [0.1, 0.15) is 5.56 Å². The van der Waals surface area contributed by atoms with Crippen molar-refractivity contribution in [2.75, 3.05) is 16.4 Å². The molecule has 0 amide bonds. The van der Waals surface area contributed by atoms with Gasteiger partial charge < -0.3 is 16.4 Å². The van der Waals surface area contributed by atoms with Crippen LogP contribution < -0.4 is 16.4 Å². The predicted octanol–water partition coefficient (Wildman–Crippen LogP) is 4.89. The number of nitrogens with one attached hydrogen (secondary N) is 2. The standard InChI is InChI=1S/C16H10ClF5N6/c17-9-3-7(16(20,21)22)5-24-13(9)28-15-12(23)14(25-6-26-15)27-8-1-2-10(18)11(19)4-8/h1-6H,23H2,(H2,24,25,26,27,28). The molecule has 146 valence electrons. The number of anilines is 5. The maximum atomic E-state index is 13.3. The second-order valence-electron chi connectivity index (χ2n) is 5.42. The number of nitrogens with zero attached hydrogens (tertiary/aromatic N) is 3. The van der Waals surface area contributed by atoms with Crippen LogP contribution >= 0.6 is 11.6 Å². The lowest BCUT2D eigenvalue weighted by atomic mass is 10.2. The Hall–Kier alpha value is -3.21. The van der Waals surface area contributed by atoms with Gasteiger partial charge in [-0.15, -0.1) is 0 Å². The van der Waals surface area contributed by atoms with Crippen LogP contribution in [0.25, 0.3) is 0 Å². The first-order valence-electron chi connectivity index (χ1n) is 7.47. The van der Waals surface area contributed by atoms with Gasteiger partial charge in [0.25, 0.3) is 0 Å². The average Bonchev–Trinajstić information content (AvgIpc) is 2.62. The molecular weight excluding hydrogens is 407 g/mol. The lowest BCUT2D eigenvalue weighted by Gasteiger charge is -2.14. The molecule has 0 atom stereocenters. The van der Waals surface area contributed by atoms with Gasteiger partial charge in [-0.3, -0.25) is 0 Å². The van der Waals surface area contributed by atoms with Gasteiger partial charge >= 0.3 is 6.18 Å². The van der Waals surface area contributed by atoms with E-state index in [4.69, 9.17) is 17.3 Å². The number of benzene rings is 1. The summed E-state index contributed by atoms with van der Waals surface area (Å²) >= 11 is 5.84. The number of rotatable bonds is 4. The molecular formula is C16H10ClF5N6. The first kappa shape index (κ1) is 19.5. The molecule has 0 unspecified atom stereocenters. The highest BCUT2D eigenvalue weighted by atomic mass is 35.5. The Morgan fingerprint density at radius 1 is 0.893 bits per heavy atom. The lowest BCUT2D eigenvalue weighted by Crippen LogP contribution is -2.08. The van der Waals surface area contributed by atoms with E-state index in [9.17, 15) is 22.0 Å². The quantitative estimate of drug-likeness (QED) is 0.525. The molecule has 1 aromatic carbocycles. The summed E-state index contributed by atoms with van der Waals surface area (Å²) in [5, 5.41) is 4.99. The van der Waals surface area contributed by atoms with E-state index in [1.54, 1.807) is 0 Å². The summed E-state index contributed by atoms with van der Waals surface area (Å²) in [5.74, 6) is -2.16. The fourth-order valence-corrected chi connectivity index (χ4v) is 2.32. The van der Waals surface area contributed by atoms with Crippen molar-refractivity contribution >= 4 is 40.4 Å². The number of nitrogen functional groups attached to an aromatic ring is 1. The summed E-state index contributed by atoms with van der Waals surface area (Å²) in [5.41, 5.74) is 5.03. The molecule has 4 N–H and O–H groups in total. The SMILES string of the molecule is Nc1c(Nc2ccc(F)c(F)c2)ncnc1Nc1ncc(C(F)(F)F)cc1Cl. The number of nitrogens with two attached hydrogens (primary N) is 1. The Morgan fingerprint density at radius 2 is 1.57 bits per heavy atom. The molecule has 0 aliphatic carbocycles. The largest absolute Gasteiger partial charge is 0.417 e. The van der Waals surface area contributed by atoms with E-state index in [2.05, 4.69) is 25.6 Å². The summed E-state index contributed by atoms with van der Waals surface area (Å²) in [4.78, 5) is 11.4. The van der Waals surface area contributed by atoms with Crippen LogP contribution in [0, 0.1) is 11.6 Å². The molecule has 28 heavy (non-hydrogen) atoms. The second-order valence-corrected chi connectivity index (χ2v) is 5.82. The lowest BCUT2D eigenvalue weighted by molar-refractivity contribution is -0.137. The van der Waals surface area contributed by atoms with Crippen LogP contribution in [0.2, 0.25) is 5.02 Å². The van der Waals surface area contributed by atoms with Gasteiger partial charge in [0.05, 0.1) is 10.6 Å². The van der Waals surface area contributed by atoms with Gasteiger partial charge in [-0.25, -0.2) is 23.7 Å². The van der Waals surface area contributed by atoms with Crippen LogP contribution in [0.4, 0.5) is 50.8 Å². The third-order valence-corrected chi connectivity index (χ3v) is 3.76. The van der Waals surface area contributed by atoms with Crippen molar-refractivity contribution in [2.24, 2.45) is 0 Å². The number of halogens is 6. The first-order valence-corrected chi connectivity index (χ1v) is 7.85. The Morgan fingerprint density at radius 3 is 2.18 bits per heavy atom. The molecule has 2 aromatic heterocycles. The second kappa shape index (κ2) is 7.43. The Balaban J connectivity index is 1.86.